The van der Waals surface area contributed by atoms with Gasteiger partial charge in [0.1, 0.15) is 0 Å². The molecule has 1 rings (SSSR count). The Kier molecular flexibility index (Phi) is 7.38. The van der Waals surface area contributed by atoms with Crippen LogP contribution in [0.25, 0.3) is 0 Å². The minimum absolute atomic E-state index is 0. The molecule has 0 fully saturated rings. The number of nitrogens with one attached hydrogen (secondary N) is 1. The fourth-order valence-electron chi connectivity index (χ4n) is 1.15. The number of nitrogens with zero attached hydrogens (tertiary/aromatic N) is 1. The Hall–Kier alpha value is -0.580. The lowest BCUT2D eigenvalue weighted by molar-refractivity contribution is -0.130. The van der Waals surface area contributed by atoms with Gasteiger partial charge in [-0.1, -0.05) is 6.07 Å². The van der Waals surface area contributed by atoms with E-state index in [1.54, 1.807) is 16.2 Å². The van der Waals surface area contributed by atoms with Gasteiger partial charge in [-0.25, -0.2) is 0 Å². The zero-order chi connectivity index (χ0) is 10.4. The van der Waals surface area contributed by atoms with Crippen molar-refractivity contribution >= 4 is 29.7 Å². The highest BCUT2D eigenvalue weighted by Gasteiger charge is 2.08. The van der Waals surface area contributed by atoms with E-state index in [1.165, 1.54) is 4.88 Å². The zero-order valence-corrected chi connectivity index (χ0v) is 10.7. The van der Waals surface area contributed by atoms with Crippen molar-refractivity contribution in [1.29, 1.82) is 0 Å². The molecular weight excluding hydrogens is 232 g/mol. The van der Waals surface area contributed by atoms with E-state index in [0.29, 0.717) is 6.42 Å². The molecule has 0 radical (unpaired) electrons. The Morgan fingerprint density at radius 3 is 2.87 bits per heavy atom. The van der Waals surface area contributed by atoms with Crippen molar-refractivity contribution < 1.29 is 4.79 Å². The van der Waals surface area contributed by atoms with Crippen LogP contribution in [-0.4, -0.2) is 31.4 Å². The molecule has 0 unspecified atom stereocenters. The molecule has 0 bridgehead atoms. The summed E-state index contributed by atoms with van der Waals surface area (Å²) < 4.78 is 0. The number of carbonyl (C=O) groups is 1. The number of hydrogen-bond acceptors (Lipinski definition) is 3. The zero-order valence-electron chi connectivity index (χ0n) is 9.03. The van der Waals surface area contributed by atoms with Gasteiger partial charge in [0.05, 0.1) is 6.54 Å². The molecule has 86 valence electrons. The first-order chi connectivity index (χ1) is 6.74. The van der Waals surface area contributed by atoms with E-state index in [9.17, 15) is 4.79 Å². The molecule has 5 heteroatoms. The summed E-state index contributed by atoms with van der Waals surface area (Å²) in [6.45, 7) is 1.47. The molecule has 0 saturated carbocycles. The molecule has 1 aromatic heterocycles. The van der Waals surface area contributed by atoms with E-state index in [0.717, 1.165) is 13.1 Å². The van der Waals surface area contributed by atoms with Gasteiger partial charge in [0.15, 0.2) is 0 Å². The van der Waals surface area contributed by atoms with Crippen molar-refractivity contribution in [2.45, 2.75) is 13.0 Å². The normalized spacial score (nSPS) is 9.47. The Morgan fingerprint density at radius 1 is 1.60 bits per heavy atom. The maximum absolute atomic E-state index is 11.5. The van der Waals surface area contributed by atoms with E-state index in [2.05, 4.69) is 5.32 Å². The standard InChI is InChI=1S/C10H16N2OS.ClH/c1-11-6-5-10(13)12(2)8-9-4-3-7-14-9;/h3-4,7,11H,5-6,8H2,1-2H3;1H. The molecular formula is C10H17ClN2OS. The SMILES string of the molecule is CNCCC(=O)N(C)Cc1cccs1.Cl. The van der Waals surface area contributed by atoms with Crippen LogP contribution >= 0.6 is 23.7 Å². The summed E-state index contributed by atoms with van der Waals surface area (Å²) in [6, 6.07) is 4.05. The van der Waals surface area contributed by atoms with E-state index < -0.39 is 0 Å². The van der Waals surface area contributed by atoms with E-state index in [1.807, 2.05) is 31.6 Å². The van der Waals surface area contributed by atoms with Crippen LogP contribution in [0, 0.1) is 0 Å². The van der Waals surface area contributed by atoms with Crippen LogP contribution in [0.2, 0.25) is 0 Å². The van der Waals surface area contributed by atoms with Gasteiger partial charge < -0.3 is 10.2 Å². The van der Waals surface area contributed by atoms with Gasteiger partial charge >= 0.3 is 0 Å². The Labute approximate surface area is 101 Å². The van der Waals surface area contributed by atoms with Crippen molar-refractivity contribution in [2.75, 3.05) is 20.6 Å². The van der Waals surface area contributed by atoms with Gasteiger partial charge in [-0.15, -0.1) is 23.7 Å². The molecule has 1 amide bonds. The number of thiophene rings is 1. The predicted molar refractivity (Wildman–Crippen MR) is 66.6 cm³/mol. The summed E-state index contributed by atoms with van der Waals surface area (Å²) in [5.41, 5.74) is 0. The van der Waals surface area contributed by atoms with Crippen LogP contribution in [-0.2, 0) is 11.3 Å². The Morgan fingerprint density at radius 2 is 2.33 bits per heavy atom. The van der Waals surface area contributed by atoms with Crippen molar-refractivity contribution in [3.63, 3.8) is 0 Å². The smallest absolute Gasteiger partial charge is 0.223 e. The molecule has 1 N–H and O–H groups in total. The number of halogens is 1. The third-order valence-electron chi connectivity index (χ3n) is 1.99. The molecule has 15 heavy (non-hydrogen) atoms. The van der Waals surface area contributed by atoms with Crippen LogP contribution in [0.15, 0.2) is 17.5 Å². The number of rotatable bonds is 5. The van der Waals surface area contributed by atoms with Crippen LogP contribution in [0.4, 0.5) is 0 Å². The van der Waals surface area contributed by atoms with Gasteiger partial charge in [0.25, 0.3) is 0 Å². The summed E-state index contributed by atoms with van der Waals surface area (Å²) >= 11 is 1.68. The first kappa shape index (κ1) is 14.4. The van der Waals surface area contributed by atoms with Crippen molar-refractivity contribution in [2.24, 2.45) is 0 Å². The largest absolute Gasteiger partial charge is 0.341 e. The van der Waals surface area contributed by atoms with Crippen LogP contribution in [0.3, 0.4) is 0 Å². The molecule has 0 aliphatic carbocycles. The molecule has 1 aromatic rings. The third kappa shape index (κ3) is 5.16. The van der Waals surface area contributed by atoms with Gasteiger partial charge in [-0.05, 0) is 18.5 Å². The molecule has 0 aliphatic rings. The summed E-state index contributed by atoms with van der Waals surface area (Å²) in [5.74, 6) is 0.188. The average molecular weight is 249 g/mol. The average Bonchev–Trinajstić information content (AvgIpc) is 2.66. The second kappa shape index (κ2) is 7.68. The quantitative estimate of drug-likeness (QED) is 0.861. The maximum atomic E-state index is 11.5. The summed E-state index contributed by atoms with van der Waals surface area (Å²) in [5, 5.41) is 5.00. The topological polar surface area (TPSA) is 32.3 Å². The molecule has 0 saturated heterocycles. The van der Waals surface area contributed by atoms with Crippen LogP contribution < -0.4 is 5.32 Å². The molecule has 0 aromatic carbocycles. The summed E-state index contributed by atoms with van der Waals surface area (Å²) in [6.07, 6.45) is 0.568. The third-order valence-corrected chi connectivity index (χ3v) is 2.85. The minimum atomic E-state index is 0. The summed E-state index contributed by atoms with van der Waals surface area (Å²) in [4.78, 5) is 14.5. The number of carbonyl (C=O) groups excluding carboxylic acids is 1. The second-order valence-electron chi connectivity index (χ2n) is 3.18. The van der Waals surface area contributed by atoms with Gasteiger partial charge in [-0.2, -0.15) is 0 Å². The highest BCUT2D eigenvalue weighted by Crippen LogP contribution is 2.11. The van der Waals surface area contributed by atoms with E-state index >= 15 is 0 Å². The molecule has 0 spiro atoms. The van der Waals surface area contributed by atoms with E-state index in [-0.39, 0.29) is 18.3 Å². The molecule has 1 heterocycles. The van der Waals surface area contributed by atoms with Gasteiger partial charge in [0.2, 0.25) is 5.91 Å². The van der Waals surface area contributed by atoms with Gasteiger partial charge in [0, 0.05) is 24.9 Å². The van der Waals surface area contributed by atoms with Gasteiger partial charge in [-0.3, -0.25) is 4.79 Å². The molecule has 0 atom stereocenters. The fraction of sp³-hybridized carbons (Fsp3) is 0.500. The maximum Gasteiger partial charge on any atom is 0.223 e. The van der Waals surface area contributed by atoms with E-state index in [4.69, 9.17) is 0 Å². The van der Waals surface area contributed by atoms with Crippen molar-refractivity contribution in [3.8, 4) is 0 Å². The van der Waals surface area contributed by atoms with Crippen LogP contribution in [0.5, 0.6) is 0 Å². The molecule has 0 aliphatic heterocycles. The Balaban J connectivity index is 0.00000196. The first-order valence-electron chi connectivity index (χ1n) is 4.65. The monoisotopic (exact) mass is 248 g/mol. The summed E-state index contributed by atoms with van der Waals surface area (Å²) in [7, 11) is 3.70. The van der Waals surface area contributed by atoms with Crippen LogP contribution in [0.1, 0.15) is 11.3 Å². The lowest BCUT2D eigenvalue weighted by Crippen LogP contribution is -2.28. The fourth-order valence-corrected chi connectivity index (χ4v) is 1.90. The lowest BCUT2D eigenvalue weighted by Gasteiger charge is -2.15. The highest BCUT2D eigenvalue weighted by molar-refractivity contribution is 7.09. The minimum Gasteiger partial charge on any atom is -0.341 e. The highest BCUT2D eigenvalue weighted by atomic mass is 35.5. The number of amides is 1. The second-order valence-corrected chi connectivity index (χ2v) is 4.21. The Bertz CT molecular complexity index is 277. The van der Waals surface area contributed by atoms with Crippen molar-refractivity contribution in [1.82, 2.24) is 10.2 Å². The molecule has 3 nitrogen and oxygen atoms in total. The van der Waals surface area contributed by atoms with Crippen molar-refractivity contribution in [3.05, 3.63) is 22.4 Å². The number of hydrogen-bond donors (Lipinski definition) is 1. The first-order valence-corrected chi connectivity index (χ1v) is 5.53. The lowest BCUT2D eigenvalue weighted by atomic mass is 10.3. The predicted octanol–water partition coefficient (Wildman–Crippen LogP) is 1.74.